The van der Waals surface area contributed by atoms with Crippen molar-refractivity contribution < 1.29 is 4.79 Å². The molecule has 0 saturated heterocycles. The summed E-state index contributed by atoms with van der Waals surface area (Å²) < 4.78 is 1.87. The van der Waals surface area contributed by atoms with Crippen molar-refractivity contribution in [2.45, 2.75) is 12.5 Å². The number of hydrogen-bond donors (Lipinski definition) is 1. The number of carbonyl (C=O) groups excluding carboxylic acids is 1. The van der Waals surface area contributed by atoms with Gasteiger partial charge in [0, 0.05) is 32.2 Å². The number of nitrogens with one attached hydrogen (secondary N) is 1. The van der Waals surface area contributed by atoms with Crippen LogP contribution in [0.4, 0.5) is 5.82 Å². The largest absolute Gasteiger partial charge is 0.369 e. The molecule has 1 amide bonds. The van der Waals surface area contributed by atoms with E-state index < -0.39 is 0 Å². The molecule has 100 valence electrons. The Morgan fingerprint density at radius 3 is 3.11 bits per heavy atom. The van der Waals surface area contributed by atoms with E-state index in [9.17, 15) is 4.79 Å². The highest BCUT2D eigenvalue weighted by Crippen LogP contribution is 2.32. The van der Waals surface area contributed by atoms with Crippen LogP contribution in [-0.2, 0) is 0 Å². The minimum atomic E-state index is -0.0338. The lowest BCUT2D eigenvalue weighted by Gasteiger charge is -2.25. The smallest absolute Gasteiger partial charge is 0.258 e. The number of nitrogens with zero attached hydrogens (tertiary/aromatic N) is 4. The lowest BCUT2D eigenvalue weighted by atomic mass is 10.1. The Balaban J connectivity index is 2.01. The number of anilines is 1. The monoisotopic (exact) mass is 277 g/mol. The molecular weight excluding hydrogens is 262 g/mol. The summed E-state index contributed by atoms with van der Waals surface area (Å²) in [4.78, 5) is 18.0. The predicted molar refractivity (Wildman–Crippen MR) is 73.6 cm³/mol. The highest BCUT2D eigenvalue weighted by Gasteiger charge is 2.28. The minimum absolute atomic E-state index is 0.0338. The Hall–Kier alpha value is -1.89. The summed E-state index contributed by atoms with van der Waals surface area (Å²) in [6.07, 6.45) is 4.37. The Bertz CT molecular complexity index is 589. The highest BCUT2D eigenvalue weighted by atomic mass is 32.1. The van der Waals surface area contributed by atoms with Gasteiger partial charge in [0.05, 0.1) is 6.20 Å². The third-order valence-electron chi connectivity index (χ3n) is 3.17. The third kappa shape index (κ3) is 1.99. The maximum absolute atomic E-state index is 12.1. The van der Waals surface area contributed by atoms with E-state index in [1.165, 1.54) is 0 Å². The van der Waals surface area contributed by atoms with Crippen molar-refractivity contribution >= 4 is 23.1 Å². The number of rotatable bonds is 2. The Morgan fingerprint density at radius 2 is 2.42 bits per heavy atom. The maximum atomic E-state index is 12.1. The van der Waals surface area contributed by atoms with Gasteiger partial charge in [-0.2, -0.15) is 5.10 Å². The fraction of sp³-hybridized carbons (Fsp3) is 0.417. The number of fused-ring (bicyclic) bond motifs is 1. The Labute approximate surface area is 115 Å². The summed E-state index contributed by atoms with van der Waals surface area (Å²) in [5.74, 6) is 0.763. The summed E-state index contributed by atoms with van der Waals surface area (Å²) in [6.45, 7) is 0.823. The zero-order valence-electron chi connectivity index (χ0n) is 10.8. The number of carbonyl (C=O) groups is 1. The molecule has 1 aliphatic heterocycles. The van der Waals surface area contributed by atoms with Gasteiger partial charge in [0.15, 0.2) is 0 Å². The molecule has 2 aromatic heterocycles. The number of amides is 1. The molecule has 0 bridgehead atoms. The predicted octanol–water partition coefficient (Wildman–Crippen LogP) is 1.45. The lowest BCUT2D eigenvalue weighted by molar-refractivity contribution is 0.0828. The molecular formula is C12H15N5OS. The molecule has 0 saturated carbocycles. The van der Waals surface area contributed by atoms with Gasteiger partial charge < -0.3 is 10.2 Å². The maximum Gasteiger partial charge on any atom is 0.258 e. The van der Waals surface area contributed by atoms with Crippen LogP contribution in [0.15, 0.2) is 17.8 Å². The van der Waals surface area contributed by atoms with Crippen LogP contribution >= 0.6 is 11.3 Å². The molecule has 1 unspecified atom stereocenters. The number of hydrogen-bond acceptors (Lipinski definition) is 5. The Kier molecular flexibility index (Phi) is 2.98. The van der Waals surface area contributed by atoms with Crippen LogP contribution in [0.3, 0.4) is 0 Å². The third-order valence-corrected chi connectivity index (χ3v) is 4.05. The first-order valence-corrected chi connectivity index (χ1v) is 6.99. The van der Waals surface area contributed by atoms with Gasteiger partial charge in [-0.15, -0.1) is 11.3 Å². The second kappa shape index (κ2) is 4.65. The van der Waals surface area contributed by atoms with E-state index in [2.05, 4.69) is 15.4 Å². The van der Waals surface area contributed by atoms with Crippen LogP contribution in [0.5, 0.6) is 0 Å². The standard InChI is InChI=1S/C12H15N5OS/c1-16(2)12(18)8-7-15-17-9(3-4-13-10(8)17)11-14-5-6-19-11/h5-7,9,13H,3-4H2,1-2H3. The van der Waals surface area contributed by atoms with Gasteiger partial charge in [0.1, 0.15) is 22.4 Å². The molecule has 1 atom stereocenters. The molecule has 0 radical (unpaired) electrons. The summed E-state index contributed by atoms with van der Waals surface area (Å²) in [6, 6.07) is 0.125. The molecule has 3 heterocycles. The van der Waals surface area contributed by atoms with E-state index in [1.807, 2.05) is 10.1 Å². The van der Waals surface area contributed by atoms with Crippen molar-refractivity contribution in [3.63, 3.8) is 0 Å². The molecule has 1 aliphatic rings. The van der Waals surface area contributed by atoms with Crippen LogP contribution in [0.2, 0.25) is 0 Å². The summed E-state index contributed by atoms with van der Waals surface area (Å²) in [5, 5.41) is 10.6. The normalized spacial score (nSPS) is 17.7. The first-order chi connectivity index (χ1) is 9.18. The van der Waals surface area contributed by atoms with Crippen molar-refractivity contribution in [2.75, 3.05) is 26.0 Å². The molecule has 0 aliphatic carbocycles. The van der Waals surface area contributed by atoms with Gasteiger partial charge in [-0.3, -0.25) is 4.79 Å². The number of thiazole rings is 1. The van der Waals surface area contributed by atoms with Gasteiger partial charge >= 0.3 is 0 Å². The van der Waals surface area contributed by atoms with E-state index in [0.29, 0.717) is 5.56 Å². The van der Waals surface area contributed by atoms with Gasteiger partial charge in [-0.05, 0) is 6.42 Å². The van der Waals surface area contributed by atoms with E-state index >= 15 is 0 Å². The molecule has 0 spiro atoms. The van der Waals surface area contributed by atoms with Crippen LogP contribution in [0.25, 0.3) is 0 Å². The Morgan fingerprint density at radius 1 is 1.58 bits per heavy atom. The molecule has 2 aromatic rings. The minimum Gasteiger partial charge on any atom is -0.369 e. The van der Waals surface area contributed by atoms with Crippen molar-refractivity contribution in [2.24, 2.45) is 0 Å². The summed E-state index contributed by atoms with van der Waals surface area (Å²) in [7, 11) is 3.49. The molecule has 3 rings (SSSR count). The van der Waals surface area contributed by atoms with E-state index in [4.69, 9.17) is 0 Å². The fourth-order valence-electron chi connectivity index (χ4n) is 2.25. The van der Waals surface area contributed by atoms with Crippen molar-refractivity contribution in [1.29, 1.82) is 0 Å². The molecule has 6 nitrogen and oxygen atoms in total. The SMILES string of the molecule is CN(C)C(=O)c1cnn2c1NCCC2c1nccs1. The molecule has 0 fully saturated rings. The fourth-order valence-corrected chi connectivity index (χ4v) is 3.01. The van der Waals surface area contributed by atoms with Crippen LogP contribution in [-0.4, -0.2) is 46.2 Å². The van der Waals surface area contributed by atoms with E-state index in [1.54, 1.807) is 42.7 Å². The van der Waals surface area contributed by atoms with Crippen LogP contribution in [0, 0.1) is 0 Å². The molecule has 0 aromatic carbocycles. The second-order valence-electron chi connectivity index (χ2n) is 4.65. The summed E-state index contributed by atoms with van der Waals surface area (Å²) in [5.41, 5.74) is 0.617. The van der Waals surface area contributed by atoms with Crippen LogP contribution < -0.4 is 5.32 Å². The van der Waals surface area contributed by atoms with Gasteiger partial charge in [-0.25, -0.2) is 9.67 Å². The quantitative estimate of drug-likeness (QED) is 0.902. The molecule has 19 heavy (non-hydrogen) atoms. The first-order valence-electron chi connectivity index (χ1n) is 6.11. The van der Waals surface area contributed by atoms with Gasteiger partial charge in [0.25, 0.3) is 5.91 Å². The number of aromatic nitrogens is 3. The van der Waals surface area contributed by atoms with Gasteiger partial charge in [0.2, 0.25) is 0 Å². The van der Waals surface area contributed by atoms with E-state index in [0.717, 1.165) is 23.8 Å². The second-order valence-corrected chi connectivity index (χ2v) is 5.58. The van der Waals surface area contributed by atoms with Crippen molar-refractivity contribution in [1.82, 2.24) is 19.7 Å². The molecule has 7 heteroatoms. The van der Waals surface area contributed by atoms with Crippen molar-refractivity contribution in [3.8, 4) is 0 Å². The highest BCUT2D eigenvalue weighted by molar-refractivity contribution is 7.09. The lowest BCUT2D eigenvalue weighted by Crippen LogP contribution is -2.27. The zero-order valence-corrected chi connectivity index (χ0v) is 11.6. The van der Waals surface area contributed by atoms with Gasteiger partial charge in [-0.1, -0.05) is 0 Å². The van der Waals surface area contributed by atoms with Crippen LogP contribution in [0.1, 0.15) is 27.8 Å². The average molecular weight is 277 g/mol. The van der Waals surface area contributed by atoms with E-state index in [-0.39, 0.29) is 11.9 Å². The average Bonchev–Trinajstić information content (AvgIpc) is 3.06. The molecule has 1 N–H and O–H groups in total. The topological polar surface area (TPSA) is 63.1 Å². The summed E-state index contributed by atoms with van der Waals surface area (Å²) >= 11 is 1.62. The first kappa shape index (κ1) is 12.2. The van der Waals surface area contributed by atoms with Crippen molar-refractivity contribution in [3.05, 3.63) is 28.3 Å². The zero-order chi connectivity index (χ0) is 13.4.